The van der Waals surface area contributed by atoms with Gasteiger partial charge in [0.1, 0.15) is 16.0 Å². The molecule has 1 aromatic carbocycles. The van der Waals surface area contributed by atoms with Crippen molar-refractivity contribution in [2.45, 2.75) is 20.1 Å². The van der Waals surface area contributed by atoms with Crippen LogP contribution in [-0.2, 0) is 0 Å². The molecule has 0 aliphatic rings. The van der Waals surface area contributed by atoms with E-state index in [1.807, 2.05) is 0 Å². The Hall–Kier alpha value is -0.980. The van der Waals surface area contributed by atoms with Crippen LogP contribution < -0.4 is 9.47 Å². The maximum absolute atomic E-state index is 12.0. The molecular weight excluding hydrogens is 296 g/mol. The van der Waals surface area contributed by atoms with E-state index in [2.05, 4.69) is 25.4 Å². The molecule has 0 aromatic heterocycles. The summed E-state index contributed by atoms with van der Waals surface area (Å²) in [6.07, 6.45) is 0. The minimum absolute atomic E-state index is 0.0706. The lowest BCUT2D eigenvalue weighted by atomic mass is 10.2. The summed E-state index contributed by atoms with van der Waals surface area (Å²) in [5.41, 5.74) is 0.467. The fourth-order valence-corrected chi connectivity index (χ4v) is 1.48. The molecule has 2 nitrogen and oxygen atoms in total. The molecule has 0 saturated carbocycles. The quantitative estimate of drug-likeness (QED) is 0.784. The van der Waals surface area contributed by atoms with Crippen LogP contribution in [0, 0.1) is 6.92 Å². The molecule has 1 aromatic rings. The highest BCUT2D eigenvalue weighted by atomic mass is 79.9. The van der Waals surface area contributed by atoms with Crippen LogP contribution in [0.25, 0.3) is 0 Å². The molecule has 0 fully saturated rings. The molecule has 7 heteroatoms. The third-order valence-electron chi connectivity index (χ3n) is 1.58. The molecule has 0 aliphatic heterocycles. The van der Waals surface area contributed by atoms with Gasteiger partial charge in [0.05, 0.1) is 0 Å². The van der Waals surface area contributed by atoms with E-state index in [1.54, 1.807) is 6.92 Å². The van der Waals surface area contributed by atoms with Crippen LogP contribution >= 0.6 is 15.9 Å². The van der Waals surface area contributed by atoms with Crippen molar-refractivity contribution in [3.63, 3.8) is 0 Å². The maximum atomic E-state index is 12.0. The van der Waals surface area contributed by atoms with Crippen molar-refractivity contribution in [1.82, 2.24) is 0 Å². The number of benzene rings is 1. The van der Waals surface area contributed by atoms with Crippen molar-refractivity contribution in [1.29, 1.82) is 0 Å². The molecule has 0 spiro atoms. The lowest BCUT2D eigenvalue weighted by Gasteiger charge is -2.12. The van der Waals surface area contributed by atoms with Gasteiger partial charge in [-0.3, -0.25) is 0 Å². The number of ether oxygens (including phenoxy) is 2. The van der Waals surface area contributed by atoms with Crippen LogP contribution in [0.4, 0.5) is 17.6 Å². The third-order valence-corrected chi connectivity index (χ3v) is 2.36. The first kappa shape index (κ1) is 13.1. The number of hydrogen-bond donors (Lipinski definition) is 0. The summed E-state index contributed by atoms with van der Waals surface area (Å²) in [6.45, 7) is -4.52. The fraction of sp³-hybridized carbons (Fsp3) is 0.333. The Bertz CT molecular complexity index is 340. The van der Waals surface area contributed by atoms with Gasteiger partial charge in [0, 0.05) is 0 Å². The summed E-state index contributed by atoms with van der Waals surface area (Å²) in [5, 5.41) is 0. The van der Waals surface area contributed by atoms with Crippen LogP contribution in [-0.4, -0.2) is 13.2 Å². The van der Waals surface area contributed by atoms with Crippen LogP contribution in [0.2, 0.25) is 0 Å². The summed E-state index contributed by atoms with van der Waals surface area (Å²) >= 11 is 2.86. The molecule has 0 radical (unpaired) electrons. The molecule has 0 atom stereocenters. The summed E-state index contributed by atoms with van der Waals surface area (Å²) in [7, 11) is 0. The van der Waals surface area contributed by atoms with Crippen molar-refractivity contribution in [2.75, 3.05) is 0 Å². The predicted octanol–water partition coefficient (Wildman–Crippen LogP) is 3.96. The minimum Gasteiger partial charge on any atom is -0.433 e. The SMILES string of the molecule is Cc1cc(OC(F)F)c(Br)c(OC(F)F)c1. The molecule has 0 bridgehead atoms. The molecule has 16 heavy (non-hydrogen) atoms. The molecule has 90 valence electrons. The van der Waals surface area contributed by atoms with Crippen LogP contribution in [0.1, 0.15) is 5.56 Å². The van der Waals surface area contributed by atoms with Crippen molar-refractivity contribution < 1.29 is 27.0 Å². The number of alkyl halides is 4. The van der Waals surface area contributed by atoms with Crippen molar-refractivity contribution >= 4 is 15.9 Å². The second kappa shape index (κ2) is 5.38. The molecule has 0 saturated heterocycles. The van der Waals surface area contributed by atoms with Crippen LogP contribution in [0.15, 0.2) is 16.6 Å². The lowest BCUT2D eigenvalue weighted by Crippen LogP contribution is -2.06. The summed E-state index contributed by atoms with van der Waals surface area (Å²) in [4.78, 5) is 0. The Kier molecular flexibility index (Phi) is 4.40. The van der Waals surface area contributed by atoms with E-state index in [-0.39, 0.29) is 16.0 Å². The first-order valence-corrected chi connectivity index (χ1v) is 4.89. The van der Waals surface area contributed by atoms with Gasteiger partial charge in [-0.1, -0.05) is 0 Å². The third kappa shape index (κ3) is 3.55. The number of halogens is 5. The monoisotopic (exact) mass is 302 g/mol. The highest BCUT2D eigenvalue weighted by Crippen LogP contribution is 2.37. The standard InChI is InChI=1S/C9H7BrF4O2/c1-4-2-5(15-8(11)12)7(10)6(3-4)16-9(13)14/h2-3,8-9H,1H3. The van der Waals surface area contributed by atoms with Gasteiger partial charge in [-0.05, 0) is 40.5 Å². The smallest absolute Gasteiger partial charge is 0.387 e. The van der Waals surface area contributed by atoms with Gasteiger partial charge in [-0.2, -0.15) is 17.6 Å². The second-order valence-corrected chi connectivity index (χ2v) is 3.63. The minimum atomic E-state index is -3.03. The maximum Gasteiger partial charge on any atom is 0.387 e. The number of rotatable bonds is 4. The molecule has 0 unspecified atom stereocenters. The highest BCUT2D eigenvalue weighted by molar-refractivity contribution is 9.10. The van der Waals surface area contributed by atoms with E-state index in [1.165, 1.54) is 12.1 Å². The number of aryl methyl sites for hydroxylation is 1. The first-order chi connectivity index (χ1) is 7.40. The molecular formula is C9H7BrF4O2. The van der Waals surface area contributed by atoms with E-state index in [4.69, 9.17) is 0 Å². The van der Waals surface area contributed by atoms with E-state index in [9.17, 15) is 17.6 Å². The lowest BCUT2D eigenvalue weighted by molar-refractivity contribution is -0.0553. The van der Waals surface area contributed by atoms with Crippen molar-refractivity contribution in [3.8, 4) is 11.5 Å². The Morgan fingerprint density at radius 2 is 1.38 bits per heavy atom. The van der Waals surface area contributed by atoms with Gasteiger partial charge >= 0.3 is 13.2 Å². The van der Waals surface area contributed by atoms with E-state index in [0.717, 1.165) is 0 Å². The van der Waals surface area contributed by atoms with Crippen LogP contribution in [0.5, 0.6) is 11.5 Å². The van der Waals surface area contributed by atoms with Crippen LogP contribution in [0.3, 0.4) is 0 Å². The number of hydrogen-bond acceptors (Lipinski definition) is 2. The predicted molar refractivity (Wildman–Crippen MR) is 52.1 cm³/mol. The van der Waals surface area contributed by atoms with Gasteiger partial charge in [0.2, 0.25) is 0 Å². The Morgan fingerprint density at radius 3 is 1.69 bits per heavy atom. The average Bonchev–Trinajstić information content (AvgIpc) is 2.11. The molecule has 0 amide bonds. The van der Waals surface area contributed by atoms with Gasteiger partial charge < -0.3 is 9.47 Å². The van der Waals surface area contributed by atoms with Crippen molar-refractivity contribution in [2.24, 2.45) is 0 Å². The zero-order chi connectivity index (χ0) is 12.3. The highest BCUT2D eigenvalue weighted by Gasteiger charge is 2.16. The summed E-state index contributed by atoms with van der Waals surface area (Å²) in [5.74, 6) is -0.490. The zero-order valence-corrected chi connectivity index (χ0v) is 9.60. The van der Waals surface area contributed by atoms with Gasteiger partial charge in [-0.25, -0.2) is 0 Å². The second-order valence-electron chi connectivity index (χ2n) is 2.83. The summed E-state index contributed by atoms with van der Waals surface area (Å²) < 4.78 is 56.2. The van der Waals surface area contributed by atoms with Gasteiger partial charge in [0.25, 0.3) is 0 Å². The van der Waals surface area contributed by atoms with Crippen molar-refractivity contribution in [3.05, 3.63) is 22.2 Å². The zero-order valence-electron chi connectivity index (χ0n) is 8.02. The molecule has 1 rings (SSSR count). The Labute approximate surface area is 97.3 Å². The Morgan fingerprint density at radius 1 is 1.00 bits per heavy atom. The normalized spacial score (nSPS) is 11.0. The fourth-order valence-electron chi connectivity index (χ4n) is 1.07. The van der Waals surface area contributed by atoms with E-state index in [0.29, 0.717) is 5.56 Å². The van der Waals surface area contributed by atoms with E-state index < -0.39 is 13.2 Å². The largest absolute Gasteiger partial charge is 0.433 e. The molecule has 0 heterocycles. The molecule has 0 N–H and O–H groups in total. The molecule has 0 aliphatic carbocycles. The topological polar surface area (TPSA) is 18.5 Å². The van der Waals surface area contributed by atoms with Gasteiger partial charge in [-0.15, -0.1) is 0 Å². The average molecular weight is 303 g/mol. The Balaban J connectivity index is 3.05. The van der Waals surface area contributed by atoms with E-state index >= 15 is 0 Å². The van der Waals surface area contributed by atoms with Gasteiger partial charge in [0.15, 0.2) is 0 Å². The summed E-state index contributed by atoms with van der Waals surface area (Å²) in [6, 6.07) is 2.57. The first-order valence-electron chi connectivity index (χ1n) is 4.10.